The molecule has 0 atom stereocenters. The van der Waals surface area contributed by atoms with Crippen molar-refractivity contribution in [2.45, 2.75) is 4.90 Å². The molecule has 0 aliphatic heterocycles. The minimum absolute atomic E-state index is 0.150. The Morgan fingerprint density at radius 2 is 2.25 bits per heavy atom. The van der Waals surface area contributed by atoms with Crippen molar-refractivity contribution in [2.75, 3.05) is 6.26 Å². The maximum Gasteiger partial charge on any atom is 0.270 e. The summed E-state index contributed by atoms with van der Waals surface area (Å²) in [6.45, 7) is 0. The van der Waals surface area contributed by atoms with Gasteiger partial charge in [0.15, 0.2) is 0 Å². The number of hydrogen-bond donors (Lipinski definition) is 0. The summed E-state index contributed by atoms with van der Waals surface area (Å²) in [5.41, 5.74) is 0.150. The SMILES string of the molecule is CSc1ccc([N+](=O)[O-])cc1I. The molecule has 0 aromatic heterocycles. The number of nitro groups is 1. The zero-order valence-corrected chi connectivity index (χ0v) is 9.26. The molecule has 0 aliphatic carbocycles. The molecular formula is C7H6INO2S. The van der Waals surface area contributed by atoms with Crippen LogP contribution in [0.25, 0.3) is 0 Å². The molecule has 0 bridgehead atoms. The molecule has 5 heteroatoms. The summed E-state index contributed by atoms with van der Waals surface area (Å²) in [6.07, 6.45) is 1.95. The molecule has 1 rings (SSSR count). The van der Waals surface area contributed by atoms with Crippen molar-refractivity contribution in [1.29, 1.82) is 0 Å². The molecule has 0 saturated carbocycles. The third kappa shape index (κ3) is 2.10. The van der Waals surface area contributed by atoms with Crippen LogP contribution in [0.4, 0.5) is 5.69 Å². The average molecular weight is 295 g/mol. The average Bonchev–Trinajstić information content (AvgIpc) is 2.04. The van der Waals surface area contributed by atoms with Gasteiger partial charge in [0.2, 0.25) is 0 Å². The first-order chi connectivity index (χ1) is 5.65. The normalized spacial score (nSPS) is 9.83. The standard InChI is InChI=1S/C7H6INO2S/c1-12-7-3-2-5(9(10)11)4-6(7)8/h2-4H,1H3. The highest BCUT2D eigenvalue weighted by Gasteiger charge is 2.07. The zero-order chi connectivity index (χ0) is 9.14. The van der Waals surface area contributed by atoms with E-state index in [2.05, 4.69) is 22.6 Å². The van der Waals surface area contributed by atoms with E-state index in [4.69, 9.17) is 0 Å². The van der Waals surface area contributed by atoms with Crippen LogP contribution < -0.4 is 0 Å². The van der Waals surface area contributed by atoms with E-state index in [0.717, 1.165) is 8.47 Å². The van der Waals surface area contributed by atoms with E-state index in [1.54, 1.807) is 23.9 Å². The predicted molar refractivity (Wildman–Crippen MR) is 57.6 cm³/mol. The van der Waals surface area contributed by atoms with Gasteiger partial charge in [-0.15, -0.1) is 11.8 Å². The van der Waals surface area contributed by atoms with Crippen LogP contribution in [0.5, 0.6) is 0 Å². The maximum atomic E-state index is 10.3. The number of nitro benzene ring substituents is 1. The Hall–Kier alpha value is -0.300. The molecule has 1 aromatic rings. The lowest BCUT2D eigenvalue weighted by molar-refractivity contribution is -0.385. The van der Waals surface area contributed by atoms with Gasteiger partial charge in [0, 0.05) is 20.6 Å². The lowest BCUT2D eigenvalue weighted by atomic mass is 10.3. The first-order valence-corrected chi connectivity index (χ1v) is 5.43. The molecule has 0 amide bonds. The van der Waals surface area contributed by atoms with E-state index < -0.39 is 0 Å². The number of hydrogen-bond acceptors (Lipinski definition) is 3. The van der Waals surface area contributed by atoms with Crippen LogP contribution in [0.3, 0.4) is 0 Å². The highest BCUT2D eigenvalue weighted by atomic mass is 127. The summed E-state index contributed by atoms with van der Waals surface area (Å²) >= 11 is 3.68. The van der Waals surface area contributed by atoms with Crippen molar-refractivity contribution < 1.29 is 4.92 Å². The van der Waals surface area contributed by atoms with Crippen molar-refractivity contribution in [3.8, 4) is 0 Å². The smallest absolute Gasteiger partial charge is 0.258 e. The van der Waals surface area contributed by atoms with Gasteiger partial charge in [-0.25, -0.2) is 0 Å². The van der Waals surface area contributed by atoms with Gasteiger partial charge in [-0.1, -0.05) is 0 Å². The second kappa shape index (κ2) is 4.08. The van der Waals surface area contributed by atoms with E-state index in [-0.39, 0.29) is 10.6 Å². The monoisotopic (exact) mass is 295 g/mol. The van der Waals surface area contributed by atoms with E-state index in [0.29, 0.717) is 0 Å². The van der Waals surface area contributed by atoms with Crippen molar-refractivity contribution in [1.82, 2.24) is 0 Å². The van der Waals surface area contributed by atoms with E-state index in [1.807, 2.05) is 6.26 Å². The van der Waals surface area contributed by atoms with Gasteiger partial charge >= 0.3 is 0 Å². The Kier molecular flexibility index (Phi) is 3.33. The molecule has 0 N–H and O–H groups in total. The summed E-state index contributed by atoms with van der Waals surface area (Å²) in [5, 5.41) is 10.3. The Bertz CT molecular complexity index is 316. The summed E-state index contributed by atoms with van der Waals surface area (Å²) < 4.78 is 0.925. The molecular weight excluding hydrogens is 289 g/mol. The summed E-state index contributed by atoms with van der Waals surface area (Å²) in [7, 11) is 0. The van der Waals surface area contributed by atoms with Crippen LogP contribution in [0.1, 0.15) is 0 Å². The molecule has 0 saturated heterocycles. The van der Waals surface area contributed by atoms with Crippen LogP contribution in [-0.2, 0) is 0 Å². The lowest BCUT2D eigenvalue weighted by Crippen LogP contribution is -1.88. The van der Waals surface area contributed by atoms with Gasteiger partial charge in [0.25, 0.3) is 5.69 Å². The van der Waals surface area contributed by atoms with Gasteiger partial charge in [-0.2, -0.15) is 0 Å². The molecule has 0 spiro atoms. The quantitative estimate of drug-likeness (QED) is 0.365. The molecule has 0 fully saturated rings. The highest BCUT2D eigenvalue weighted by molar-refractivity contribution is 14.1. The van der Waals surface area contributed by atoms with Crippen LogP contribution in [0.15, 0.2) is 23.1 Å². The van der Waals surface area contributed by atoms with Crippen molar-refractivity contribution in [2.24, 2.45) is 0 Å². The Balaban J connectivity index is 3.10. The minimum atomic E-state index is -0.383. The molecule has 0 radical (unpaired) electrons. The largest absolute Gasteiger partial charge is 0.270 e. The van der Waals surface area contributed by atoms with E-state index in [1.165, 1.54) is 6.07 Å². The lowest BCUT2D eigenvalue weighted by Gasteiger charge is -1.98. The Morgan fingerprint density at radius 1 is 1.58 bits per heavy atom. The number of rotatable bonds is 2. The van der Waals surface area contributed by atoms with Crippen LogP contribution in [-0.4, -0.2) is 11.2 Å². The number of non-ortho nitro benzene ring substituents is 1. The number of benzene rings is 1. The first kappa shape index (κ1) is 9.79. The van der Waals surface area contributed by atoms with Crippen LogP contribution in [0.2, 0.25) is 0 Å². The Labute approximate surface area is 87.8 Å². The van der Waals surface area contributed by atoms with Crippen molar-refractivity contribution in [3.05, 3.63) is 31.9 Å². The van der Waals surface area contributed by atoms with Gasteiger partial charge in [0.1, 0.15) is 0 Å². The van der Waals surface area contributed by atoms with Gasteiger partial charge in [-0.3, -0.25) is 10.1 Å². The minimum Gasteiger partial charge on any atom is -0.258 e. The fourth-order valence-electron chi connectivity index (χ4n) is 0.769. The third-order valence-corrected chi connectivity index (χ3v) is 3.40. The molecule has 1 aromatic carbocycles. The van der Waals surface area contributed by atoms with Crippen molar-refractivity contribution in [3.63, 3.8) is 0 Å². The molecule has 12 heavy (non-hydrogen) atoms. The molecule has 64 valence electrons. The van der Waals surface area contributed by atoms with Crippen LogP contribution >= 0.6 is 34.4 Å². The number of halogens is 1. The van der Waals surface area contributed by atoms with E-state index in [9.17, 15) is 10.1 Å². The van der Waals surface area contributed by atoms with Gasteiger partial charge in [0.05, 0.1) is 4.92 Å². The Morgan fingerprint density at radius 3 is 2.67 bits per heavy atom. The first-order valence-electron chi connectivity index (χ1n) is 3.13. The van der Waals surface area contributed by atoms with E-state index >= 15 is 0 Å². The molecule has 0 aliphatic rings. The summed E-state index contributed by atoms with van der Waals surface area (Å²) in [6, 6.07) is 4.87. The molecule has 0 heterocycles. The number of thioether (sulfide) groups is 1. The number of nitrogens with zero attached hydrogens (tertiary/aromatic N) is 1. The second-order valence-electron chi connectivity index (χ2n) is 2.08. The topological polar surface area (TPSA) is 43.1 Å². The molecule has 3 nitrogen and oxygen atoms in total. The third-order valence-electron chi connectivity index (χ3n) is 1.35. The fraction of sp³-hybridized carbons (Fsp3) is 0.143. The maximum absolute atomic E-state index is 10.3. The van der Waals surface area contributed by atoms with Crippen LogP contribution in [0, 0.1) is 13.7 Å². The molecule has 0 unspecified atom stereocenters. The second-order valence-corrected chi connectivity index (χ2v) is 4.09. The van der Waals surface area contributed by atoms with Gasteiger partial charge in [-0.05, 0) is 34.9 Å². The zero-order valence-electron chi connectivity index (χ0n) is 6.28. The summed E-state index contributed by atoms with van der Waals surface area (Å²) in [5.74, 6) is 0. The highest BCUT2D eigenvalue weighted by Crippen LogP contribution is 2.25. The van der Waals surface area contributed by atoms with Crippen molar-refractivity contribution >= 4 is 40.0 Å². The van der Waals surface area contributed by atoms with Gasteiger partial charge < -0.3 is 0 Å². The predicted octanol–water partition coefficient (Wildman–Crippen LogP) is 2.92. The fourth-order valence-corrected chi connectivity index (χ4v) is 2.39. The summed E-state index contributed by atoms with van der Waals surface area (Å²) in [4.78, 5) is 11.0.